The van der Waals surface area contributed by atoms with Crippen LogP contribution in [0.4, 0.5) is 0 Å². The standard InChI is InChI=1S/C20H23N5O2/c26-18-5-3-4-17-14-10-15(12-23(11-14)13-16-6-7-21-22-16)19(25(17)18)20(27)24-8-1-2-9-24/h1-7,14-15,19H,8-13H2,(H,21,22)/t14-,15+,19+/m0/s1. The lowest BCUT2D eigenvalue weighted by Gasteiger charge is -2.46. The molecule has 5 heterocycles. The quantitative estimate of drug-likeness (QED) is 0.828. The second-order valence-electron chi connectivity index (χ2n) is 7.79. The number of aromatic amines is 1. The molecule has 0 aliphatic carbocycles. The molecule has 3 atom stereocenters. The molecule has 2 aromatic heterocycles. The molecule has 0 spiro atoms. The van der Waals surface area contributed by atoms with E-state index in [1.165, 1.54) is 0 Å². The van der Waals surface area contributed by atoms with Crippen LogP contribution in [0.3, 0.4) is 0 Å². The average Bonchev–Trinajstić information content (AvgIpc) is 3.36. The molecule has 0 radical (unpaired) electrons. The summed E-state index contributed by atoms with van der Waals surface area (Å²) in [6.07, 6.45) is 6.76. The first-order chi connectivity index (χ1) is 13.2. The molecule has 0 aromatic carbocycles. The van der Waals surface area contributed by atoms with E-state index in [0.717, 1.165) is 37.4 Å². The van der Waals surface area contributed by atoms with Crippen LogP contribution in [-0.4, -0.2) is 56.7 Å². The predicted molar refractivity (Wildman–Crippen MR) is 100 cm³/mol. The van der Waals surface area contributed by atoms with E-state index in [4.69, 9.17) is 0 Å². The van der Waals surface area contributed by atoms with Gasteiger partial charge in [-0.15, -0.1) is 0 Å². The molecule has 7 heteroatoms. The van der Waals surface area contributed by atoms with Crippen LogP contribution >= 0.6 is 0 Å². The first kappa shape index (κ1) is 16.5. The SMILES string of the molecule is O=C([C@H]1[C@@H]2C[C@@H](CN(Cc3ccn[nH]3)C2)c2cccc(=O)n21)N1CC=CC1. The number of piperidine rings is 1. The summed E-state index contributed by atoms with van der Waals surface area (Å²) < 4.78 is 1.78. The smallest absolute Gasteiger partial charge is 0.251 e. The minimum atomic E-state index is -0.408. The molecule has 140 valence electrons. The van der Waals surface area contributed by atoms with Gasteiger partial charge in [0.05, 0.1) is 0 Å². The molecule has 7 nitrogen and oxygen atoms in total. The van der Waals surface area contributed by atoms with Gasteiger partial charge in [0.1, 0.15) is 6.04 Å². The van der Waals surface area contributed by atoms with Gasteiger partial charge in [0.2, 0.25) is 5.91 Å². The largest absolute Gasteiger partial charge is 0.333 e. The number of carbonyl (C=O) groups excluding carboxylic acids is 1. The maximum Gasteiger partial charge on any atom is 0.251 e. The lowest BCUT2D eigenvalue weighted by molar-refractivity contribution is -0.137. The van der Waals surface area contributed by atoms with Crippen molar-refractivity contribution in [2.24, 2.45) is 5.92 Å². The van der Waals surface area contributed by atoms with Crippen molar-refractivity contribution in [1.29, 1.82) is 0 Å². The highest BCUT2D eigenvalue weighted by molar-refractivity contribution is 5.82. The molecule has 1 saturated heterocycles. The number of nitrogens with one attached hydrogen (secondary N) is 1. The van der Waals surface area contributed by atoms with Gasteiger partial charge in [-0.25, -0.2) is 0 Å². The van der Waals surface area contributed by atoms with Crippen LogP contribution in [0.1, 0.15) is 29.8 Å². The van der Waals surface area contributed by atoms with Gasteiger partial charge in [-0.1, -0.05) is 18.2 Å². The number of amides is 1. The van der Waals surface area contributed by atoms with Gasteiger partial charge in [-0.2, -0.15) is 5.10 Å². The number of hydrogen-bond acceptors (Lipinski definition) is 4. The van der Waals surface area contributed by atoms with Gasteiger partial charge in [-0.05, 0) is 18.6 Å². The molecular formula is C20H23N5O2. The zero-order valence-electron chi connectivity index (χ0n) is 15.1. The van der Waals surface area contributed by atoms with Crippen molar-refractivity contribution in [3.05, 3.63) is 64.4 Å². The molecule has 3 aliphatic rings. The predicted octanol–water partition coefficient (Wildman–Crippen LogP) is 1.13. The van der Waals surface area contributed by atoms with Gasteiger partial charge in [0, 0.05) is 68.2 Å². The number of nitrogens with zero attached hydrogens (tertiary/aromatic N) is 4. The molecule has 1 amide bonds. The molecule has 0 unspecified atom stereocenters. The van der Waals surface area contributed by atoms with E-state index in [2.05, 4.69) is 15.1 Å². The van der Waals surface area contributed by atoms with Gasteiger partial charge >= 0.3 is 0 Å². The zero-order chi connectivity index (χ0) is 18.4. The average molecular weight is 365 g/mol. The van der Waals surface area contributed by atoms with Crippen LogP contribution in [0.5, 0.6) is 0 Å². The first-order valence-electron chi connectivity index (χ1n) is 9.56. The topological polar surface area (TPSA) is 74.2 Å². The van der Waals surface area contributed by atoms with E-state index < -0.39 is 6.04 Å². The Kier molecular flexibility index (Phi) is 3.97. The number of aromatic nitrogens is 3. The minimum Gasteiger partial charge on any atom is -0.333 e. The van der Waals surface area contributed by atoms with Crippen molar-refractivity contribution < 1.29 is 4.79 Å². The number of hydrogen-bond donors (Lipinski definition) is 1. The van der Waals surface area contributed by atoms with E-state index in [1.54, 1.807) is 16.8 Å². The van der Waals surface area contributed by atoms with Crippen molar-refractivity contribution >= 4 is 5.91 Å². The van der Waals surface area contributed by atoms with Crippen molar-refractivity contribution in [2.75, 3.05) is 26.2 Å². The Bertz CT molecular complexity index is 924. The summed E-state index contributed by atoms with van der Waals surface area (Å²) in [5, 5.41) is 7.06. The fourth-order valence-electron chi connectivity index (χ4n) is 4.93. The van der Waals surface area contributed by atoms with Gasteiger partial charge in [-0.3, -0.25) is 24.2 Å². The summed E-state index contributed by atoms with van der Waals surface area (Å²) >= 11 is 0. The van der Waals surface area contributed by atoms with E-state index in [0.29, 0.717) is 13.1 Å². The fraction of sp³-hybridized carbons (Fsp3) is 0.450. The molecule has 1 N–H and O–H groups in total. The van der Waals surface area contributed by atoms with E-state index >= 15 is 0 Å². The molecule has 3 aliphatic heterocycles. The summed E-state index contributed by atoms with van der Waals surface area (Å²) in [6.45, 7) is 3.77. The second-order valence-corrected chi connectivity index (χ2v) is 7.79. The van der Waals surface area contributed by atoms with E-state index in [9.17, 15) is 9.59 Å². The lowest BCUT2D eigenvalue weighted by Crippen LogP contribution is -2.53. The molecule has 1 fully saturated rings. The maximum atomic E-state index is 13.3. The van der Waals surface area contributed by atoms with Crippen LogP contribution < -0.4 is 5.56 Å². The highest BCUT2D eigenvalue weighted by atomic mass is 16.2. The van der Waals surface area contributed by atoms with Crippen LogP contribution in [0, 0.1) is 5.92 Å². The zero-order valence-corrected chi connectivity index (χ0v) is 15.1. The summed E-state index contributed by atoms with van der Waals surface area (Å²) in [5.41, 5.74) is 2.01. The number of H-pyrrole nitrogens is 1. The summed E-state index contributed by atoms with van der Waals surface area (Å²) in [7, 11) is 0. The minimum absolute atomic E-state index is 0.0604. The van der Waals surface area contributed by atoms with Crippen molar-refractivity contribution in [1.82, 2.24) is 24.6 Å². The van der Waals surface area contributed by atoms with Gasteiger partial charge in [0.15, 0.2) is 0 Å². The third-order valence-corrected chi connectivity index (χ3v) is 6.06. The third kappa shape index (κ3) is 2.82. The highest BCUT2D eigenvalue weighted by Gasteiger charge is 2.44. The number of pyridine rings is 1. The normalized spacial score (nSPS) is 27.0. The molecule has 2 bridgehead atoms. The van der Waals surface area contributed by atoms with Gasteiger partial charge in [0.25, 0.3) is 5.56 Å². The Morgan fingerprint density at radius 3 is 2.81 bits per heavy atom. The lowest BCUT2D eigenvalue weighted by atomic mass is 9.78. The molecular weight excluding hydrogens is 342 g/mol. The fourth-order valence-corrected chi connectivity index (χ4v) is 4.93. The third-order valence-electron chi connectivity index (χ3n) is 6.06. The summed E-state index contributed by atoms with van der Waals surface area (Å²) in [4.78, 5) is 30.3. The first-order valence-corrected chi connectivity index (χ1v) is 9.56. The number of carbonyl (C=O) groups is 1. The van der Waals surface area contributed by atoms with Crippen molar-refractivity contribution in [3.8, 4) is 0 Å². The number of likely N-dealkylation sites (tertiary alicyclic amines) is 1. The summed E-state index contributed by atoms with van der Waals surface area (Å²) in [5.74, 6) is 0.495. The Balaban J connectivity index is 1.51. The Morgan fingerprint density at radius 1 is 1.19 bits per heavy atom. The van der Waals surface area contributed by atoms with Crippen molar-refractivity contribution in [3.63, 3.8) is 0 Å². The Hall–Kier alpha value is -2.67. The van der Waals surface area contributed by atoms with E-state index in [-0.39, 0.29) is 23.3 Å². The Labute approximate surface area is 157 Å². The molecule has 5 rings (SSSR count). The number of rotatable bonds is 3. The van der Waals surface area contributed by atoms with Crippen LogP contribution in [0.25, 0.3) is 0 Å². The van der Waals surface area contributed by atoms with E-state index in [1.807, 2.05) is 35.3 Å². The second kappa shape index (κ2) is 6.49. The molecule has 0 saturated carbocycles. The maximum absolute atomic E-state index is 13.3. The monoisotopic (exact) mass is 365 g/mol. The van der Waals surface area contributed by atoms with Crippen LogP contribution in [0.2, 0.25) is 0 Å². The highest BCUT2D eigenvalue weighted by Crippen LogP contribution is 2.42. The molecule has 2 aromatic rings. The summed E-state index contributed by atoms with van der Waals surface area (Å²) in [6, 6.07) is 7.00. The van der Waals surface area contributed by atoms with Crippen LogP contribution in [0.15, 0.2) is 47.4 Å². The Morgan fingerprint density at radius 2 is 2.04 bits per heavy atom. The number of fused-ring (bicyclic) bond motifs is 4. The van der Waals surface area contributed by atoms with Gasteiger partial charge < -0.3 is 4.90 Å². The molecule has 27 heavy (non-hydrogen) atoms. The van der Waals surface area contributed by atoms with Crippen LogP contribution in [-0.2, 0) is 11.3 Å². The van der Waals surface area contributed by atoms with Crippen molar-refractivity contribution in [2.45, 2.75) is 24.9 Å².